The maximum atomic E-state index is 9.90. The molecule has 2 saturated heterocycles. The van der Waals surface area contributed by atoms with Crippen molar-refractivity contribution < 1.29 is 16.0 Å². The third-order valence-corrected chi connectivity index (χ3v) is 16.0. The van der Waals surface area contributed by atoms with Crippen LogP contribution in [0.5, 0.6) is 0 Å². The van der Waals surface area contributed by atoms with Crippen LogP contribution in [0.25, 0.3) is 11.2 Å². The van der Waals surface area contributed by atoms with Crippen LogP contribution in [0.3, 0.4) is 0 Å². The number of nitrogen functional groups attached to an aromatic ring is 1. The van der Waals surface area contributed by atoms with E-state index in [4.69, 9.17) is 16.6 Å². The fourth-order valence-corrected chi connectivity index (χ4v) is 15.9. The number of nitrogens with zero attached hydrogens (tertiary/aromatic N) is 4. The summed E-state index contributed by atoms with van der Waals surface area (Å²) in [7, 11) is 0. The molecule has 0 spiro atoms. The maximum absolute atomic E-state index is 9.90. The standard InChI is InChI=1S/C10H11N5O4.2C4H9.Sn/c11-8-5-9(13-2-12-8)15(3-14-5)10-7(18)6(17)4(1-16)19-10;2*1-3-4-2;/h2-4,6-7,10,16H,1H2,(H2,11,12,13);2*1,3-4H2,2H3;/q-2;;;+2/t4-,6?,7?,10-;;;/m1.../s1. The van der Waals surface area contributed by atoms with E-state index < -0.39 is 31.5 Å². The topological polar surface area (TPSA) is 118 Å². The summed E-state index contributed by atoms with van der Waals surface area (Å²) >= 11 is -3.22. The van der Waals surface area contributed by atoms with Crippen molar-refractivity contribution >= 4 is 36.2 Å². The van der Waals surface area contributed by atoms with Gasteiger partial charge in [-0.3, -0.25) is 0 Å². The van der Waals surface area contributed by atoms with Crippen LogP contribution < -0.4 is 5.73 Å². The molecule has 2 unspecified atom stereocenters. The SMILES string of the molecule is CCC[CH2][Sn]1([CH2]CCC)[O]C2C([O]1)[C@@H](CO)O[C@H]2n1cnc2c(N)ncnc21. The van der Waals surface area contributed by atoms with E-state index in [1.54, 1.807) is 6.33 Å². The van der Waals surface area contributed by atoms with Gasteiger partial charge in [0.1, 0.15) is 0 Å². The Morgan fingerprint density at radius 1 is 1.11 bits per heavy atom. The number of fused-ring (bicyclic) bond motifs is 2. The summed E-state index contributed by atoms with van der Waals surface area (Å²) in [6, 6.07) is 0. The molecular formula is C18H29N5O4Sn. The number of unbranched alkanes of at least 4 members (excludes halogenated alkanes) is 2. The van der Waals surface area contributed by atoms with Crippen LogP contribution in [0.2, 0.25) is 8.87 Å². The normalized spacial score (nSPS) is 28.8. The van der Waals surface area contributed by atoms with Crippen LogP contribution in [0.4, 0.5) is 5.82 Å². The van der Waals surface area contributed by atoms with Gasteiger partial charge in [0.25, 0.3) is 0 Å². The Bertz CT molecular complexity index is 810. The molecule has 28 heavy (non-hydrogen) atoms. The summed E-state index contributed by atoms with van der Waals surface area (Å²) in [4.78, 5) is 12.7. The average molecular weight is 498 g/mol. The van der Waals surface area contributed by atoms with Gasteiger partial charge in [0.15, 0.2) is 0 Å². The van der Waals surface area contributed by atoms with Crippen molar-refractivity contribution in [3.8, 4) is 0 Å². The summed E-state index contributed by atoms with van der Waals surface area (Å²) < 4.78 is 23.5. The molecular weight excluding hydrogens is 469 g/mol. The molecule has 2 aliphatic rings. The molecule has 0 radical (unpaired) electrons. The predicted molar refractivity (Wildman–Crippen MR) is 106 cm³/mol. The number of rotatable bonds is 8. The van der Waals surface area contributed by atoms with Crippen molar-refractivity contribution in [2.75, 3.05) is 12.3 Å². The summed E-state index contributed by atoms with van der Waals surface area (Å²) in [6.07, 6.45) is 6.22. The van der Waals surface area contributed by atoms with E-state index in [1.165, 1.54) is 6.33 Å². The first-order valence-electron chi connectivity index (χ1n) is 10.2. The Morgan fingerprint density at radius 3 is 2.50 bits per heavy atom. The molecule has 154 valence electrons. The van der Waals surface area contributed by atoms with Crippen molar-refractivity contribution in [2.45, 2.75) is 72.9 Å². The quantitative estimate of drug-likeness (QED) is 0.532. The minimum atomic E-state index is -3.22. The molecule has 0 aliphatic carbocycles. The van der Waals surface area contributed by atoms with E-state index in [1.807, 2.05) is 4.57 Å². The number of aromatic nitrogens is 4. The number of imidazole rings is 1. The molecule has 2 aliphatic heterocycles. The van der Waals surface area contributed by atoms with Crippen molar-refractivity contribution in [1.29, 1.82) is 0 Å². The van der Waals surface area contributed by atoms with Gasteiger partial charge in [-0.05, 0) is 0 Å². The van der Waals surface area contributed by atoms with Crippen LogP contribution in [-0.4, -0.2) is 68.7 Å². The number of aliphatic hydroxyl groups excluding tert-OH is 1. The van der Waals surface area contributed by atoms with Gasteiger partial charge >= 0.3 is 170 Å². The van der Waals surface area contributed by atoms with Gasteiger partial charge in [0.05, 0.1) is 0 Å². The summed E-state index contributed by atoms with van der Waals surface area (Å²) in [5.41, 5.74) is 7.08. The number of aliphatic hydroxyl groups is 1. The number of hydrogen-bond donors (Lipinski definition) is 2. The Balaban J connectivity index is 1.66. The Labute approximate surface area is 169 Å². The van der Waals surface area contributed by atoms with Gasteiger partial charge in [-0.2, -0.15) is 0 Å². The van der Waals surface area contributed by atoms with E-state index in [-0.39, 0.29) is 18.8 Å². The molecule has 9 nitrogen and oxygen atoms in total. The fourth-order valence-electron chi connectivity index (χ4n) is 4.18. The van der Waals surface area contributed by atoms with Crippen LogP contribution in [0.1, 0.15) is 45.8 Å². The van der Waals surface area contributed by atoms with Gasteiger partial charge in [-0.15, -0.1) is 0 Å². The molecule has 4 heterocycles. The van der Waals surface area contributed by atoms with Gasteiger partial charge in [-0.25, -0.2) is 0 Å². The molecule has 0 bridgehead atoms. The van der Waals surface area contributed by atoms with Crippen LogP contribution >= 0.6 is 0 Å². The average Bonchev–Trinajstić information content (AvgIpc) is 3.37. The second kappa shape index (κ2) is 8.39. The predicted octanol–water partition coefficient (Wildman–Crippen LogP) is 2.12. The molecule has 10 heteroatoms. The second-order valence-corrected chi connectivity index (χ2v) is 17.0. The molecule has 2 fully saturated rings. The Morgan fingerprint density at radius 2 is 1.82 bits per heavy atom. The third-order valence-electron chi connectivity index (χ3n) is 5.65. The molecule has 0 amide bonds. The van der Waals surface area contributed by atoms with Gasteiger partial charge < -0.3 is 0 Å². The number of hydrogen-bond acceptors (Lipinski definition) is 8. The second-order valence-electron chi connectivity index (χ2n) is 7.61. The molecule has 0 saturated carbocycles. The number of ether oxygens (including phenoxy) is 1. The van der Waals surface area contributed by atoms with E-state index in [0.29, 0.717) is 17.0 Å². The van der Waals surface area contributed by atoms with Crippen LogP contribution in [0.15, 0.2) is 12.7 Å². The third kappa shape index (κ3) is 3.51. The Kier molecular flexibility index (Phi) is 6.07. The van der Waals surface area contributed by atoms with Crippen molar-refractivity contribution in [3.05, 3.63) is 12.7 Å². The fraction of sp³-hybridized carbons (Fsp3) is 0.722. The van der Waals surface area contributed by atoms with E-state index in [9.17, 15) is 5.11 Å². The summed E-state index contributed by atoms with van der Waals surface area (Å²) in [6.45, 7) is 4.28. The molecule has 4 rings (SSSR count). The van der Waals surface area contributed by atoms with Crippen molar-refractivity contribution in [2.24, 2.45) is 0 Å². The number of nitrogens with two attached hydrogens (primary N) is 1. The van der Waals surface area contributed by atoms with E-state index in [0.717, 1.165) is 34.6 Å². The zero-order chi connectivity index (χ0) is 19.7. The zero-order valence-electron chi connectivity index (χ0n) is 16.5. The number of anilines is 1. The molecule has 2 aromatic rings. The molecule has 0 aromatic carbocycles. The first-order chi connectivity index (χ1) is 13.6. The first-order valence-corrected chi connectivity index (χ1v) is 16.5. The Hall–Kier alpha value is -1.01. The van der Waals surface area contributed by atoms with Gasteiger partial charge in [-0.1, -0.05) is 0 Å². The van der Waals surface area contributed by atoms with Crippen LogP contribution in [0, 0.1) is 0 Å². The van der Waals surface area contributed by atoms with Gasteiger partial charge in [0.2, 0.25) is 0 Å². The van der Waals surface area contributed by atoms with Crippen molar-refractivity contribution in [3.63, 3.8) is 0 Å². The van der Waals surface area contributed by atoms with Crippen LogP contribution in [-0.2, 0) is 10.9 Å². The molecule has 2 aromatic heterocycles. The monoisotopic (exact) mass is 499 g/mol. The molecule has 3 N–H and O–H groups in total. The summed E-state index contributed by atoms with van der Waals surface area (Å²) in [5, 5.41) is 9.90. The van der Waals surface area contributed by atoms with Gasteiger partial charge in [0, 0.05) is 0 Å². The van der Waals surface area contributed by atoms with E-state index >= 15 is 0 Å². The minimum absolute atomic E-state index is 0.103. The first kappa shape index (κ1) is 20.3. The zero-order valence-corrected chi connectivity index (χ0v) is 19.3. The van der Waals surface area contributed by atoms with E-state index in [2.05, 4.69) is 28.8 Å². The molecule has 4 atom stereocenters. The van der Waals surface area contributed by atoms with Crippen molar-refractivity contribution in [1.82, 2.24) is 19.5 Å². The summed E-state index contributed by atoms with van der Waals surface area (Å²) in [5.74, 6) is 0.333.